The maximum atomic E-state index is 13.1. The first kappa shape index (κ1) is 17.2. The van der Waals surface area contributed by atoms with Crippen LogP contribution in [-0.2, 0) is 6.54 Å². The minimum Gasteiger partial charge on any atom is -0.365 e. The van der Waals surface area contributed by atoms with Crippen molar-refractivity contribution in [3.8, 4) is 10.7 Å². The van der Waals surface area contributed by atoms with E-state index in [0.717, 1.165) is 21.2 Å². The molecule has 4 heterocycles. The zero-order chi connectivity index (χ0) is 18.8. The molecule has 27 heavy (non-hydrogen) atoms. The summed E-state index contributed by atoms with van der Waals surface area (Å²) in [6.45, 7) is 0.422. The Morgan fingerprint density at radius 2 is 2.07 bits per heavy atom. The van der Waals surface area contributed by atoms with Gasteiger partial charge in [0.05, 0.1) is 28.8 Å². The molecule has 136 valence electrons. The largest absolute Gasteiger partial charge is 0.365 e. The maximum Gasteiger partial charge on any atom is 0.274 e. The van der Waals surface area contributed by atoms with Crippen molar-refractivity contribution >= 4 is 27.9 Å². The van der Waals surface area contributed by atoms with Crippen LogP contribution in [0.25, 0.3) is 16.2 Å². The molecule has 0 radical (unpaired) electrons. The molecular weight excluding hydrogens is 360 g/mol. The predicted octanol–water partition coefficient (Wildman–Crippen LogP) is 3.17. The highest BCUT2D eigenvalue weighted by Gasteiger charge is 2.22. The first-order valence-corrected chi connectivity index (χ1v) is 9.25. The van der Waals surface area contributed by atoms with E-state index in [-0.39, 0.29) is 5.91 Å². The molecule has 0 aliphatic carbocycles. The molecule has 0 saturated heterocycles. The molecule has 0 saturated carbocycles. The fourth-order valence-corrected chi connectivity index (χ4v) is 3.61. The molecule has 4 aromatic rings. The molecule has 0 atom stereocenters. The van der Waals surface area contributed by atoms with E-state index < -0.39 is 0 Å². The van der Waals surface area contributed by atoms with Gasteiger partial charge in [-0.05, 0) is 24.3 Å². The number of thiazole rings is 1. The number of anilines is 1. The zero-order valence-corrected chi connectivity index (χ0v) is 15.8. The average molecular weight is 378 g/mol. The summed E-state index contributed by atoms with van der Waals surface area (Å²) in [6, 6.07) is 11.4. The fraction of sp³-hybridized carbons (Fsp3) is 0.158. The Morgan fingerprint density at radius 1 is 1.22 bits per heavy atom. The smallest absolute Gasteiger partial charge is 0.274 e. The predicted molar refractivity (Wildman–Crippen MR) is 106 cm³/mol. The lowest BCUT2D eigenvalue weighted by molar-refractivity contribution is 0.0780. The summed E-state index contributed by atoms with van der Waals surface area (Å²) in [7, 11) is 3.59. The maximum absolute atomic E-state index is 13.1. The van der Waals surface area contributed by atoms with Gasteiger partial charge >= 0.3 is 0 Å². The van der Waals surface area contributed by atoms with Crippen LogP contribution in [0.4, 0.5) is 5.13 Å². The Kier molecular flexibility index (Phi) is 4.55. The summed E-state index contributed by atoms with van der Waals surface area (Å²) in [5.41, 5.74) is 2.02. The Labute approximate surface area is 160 Å². The number of carbonyl (C=O) groups is 1. The third-order valence-corrected chi connectivity index (χ3v) is 5.17. The summed E-state index contributed by atoms with van der Waals surface area (Å²) in [5, 5.41) is 3.83. The third kappa shape index (κ3) is 3.26. The Hall–Kier alpha value is -3.26. The van der Waals surface area contributed by atoms with E-state index in [1.807, 2.05) is 54.0 Å². The monoisotopic (exact) mass is 378 g/mol. The Balaban J connectivity index is 1.72. The molecule has 1 N–H and O–H groups in total. The van der Waals surface area contributed by atoms with Gasteiger partial charge in [-0.1, -0.05) is 23.5 Å². The van der Waals surface area contributed by atoms with Crippen LogP contribution in [0.5, 0.6) is 0 Å². The number of rotatable bonds is 5. The quantitative estimate of drug-likeness (QED) is 0.577. The average Bonchev–Trinajstić information content (AvgIpc) is 3.32. The van der Waals surface area contributed by atoms with Gasteiger partial charge in [0.15, 0.2) is 16.6 Å². The second-order valence-corrected chi connectivity index (χ2v) is 7.03. The van der Waals surface area contributed by atoms with E-state index >= 15 is 0 Å². The Bertz CT molecular complexity index is 1090. The van der Waals surface area contributed by atoms with Gasteiger partial charge in [-0.25, -0.2) is 9.97 Å². The molecule has 0 aromatic carbocycles. The first-order valence-electron chi connectivity index (χ1n) is 8.44. The van der Waals surface area contributed by atoms with E-state index in [1.165, 1.54) is 11.3 Å². The van der Waals surface area contributed by atoms with E-state index in [1.54, 1.807) is 24.3 Å². The second kappa shape index (κ2) is 7.16. The number of fused-ring (bicyclic) bond motifs is 1. The van der Waals surface area contributed by atoms with Crippen molar-refractivity contribution in [1.82, 2.24) is 24.3 Å². The van der Waals surface area contributed by atoms with E-state index in [2.05, 4.69) is 20.3 Å². The van der Waals surface area contributed by atoms with E-state index in [0.29, 0.717) is 18.1 Å². The van der Waals surface area contributed by atoms with E-state index in [4.69, 9.17) is 0 Å². The minimum atomic E-state index is -0.144. The molecule has 4 aromatic heterocycles. The standard InChI is InChI=1S/C19H18N6OS/c1-20-19-22-11-15(27-19)17-23-16(14-8-4-6-10-25(14)17)18(26)24(2)12-13-7-3-5-9-21-13/h3-11H,12H2,1-2H3,(H,20,22). The van der Waals surface area contributed by atoms with Crippen LogP contribution in [0, 0.1) is 0 Å². The third-order valence-electron chi connectivity index (χ3n) is 4.16. The molecule has 0 spiro atoms. The fourth-order valence-electron chi connectivity index (χ4n) is 2.85. The minimum absolute atomic E-state index is 0.144. The number of nitrogens with zero attached hydrogens (tertiary/aromatic N) is 5. The zero-order valence-electron chi connectivity index (χ0n) is 15.0. The molecule has 0 fully saturated rings. The van der Waals surface area contributed by atoms with Gasteiger partial charge in [0.25, 0.3) is 5.91 Å². The van der Waals surface area contributed by atoms with Gasteiger partial charge in [0.1, 0.15) is 0 Å². The molecule has 8 heteroatoms. The normalized spacial score (nSPS) is 10.9. The number of imidazole rings is 1. The lowest BCUT2D eigenvalue weighted by Crippen LogP contribution is -2.27. The van der Waals surface area contributed by atoms with Crippen LogP contribution in [0.3, 0.4) is 0 Å². The Morgan fingerprint density at radius 3 is 2.81 bits per heavy atom. The van der Waals surface area contributed by atoms with Crippen LogP contribution in [0.1, 0.15) is 16.2 Å². The molecule has 0 bridgehead atoms. The summed E-state index contributed by atoms with van der Waals surface area (Å²) in [6.07, 6.45) is 5.40. The topological polar surface area (TPSA) is 75.4 Å². The lowest BCUT2D eigenvalue weighted by atomic mass is 10.3. The molecule has 0 aliphatic heterocycles. The van der Waals surface area contributed by atoms with Crippen LogP contribution < -0.4 is 5.32 Å². The summed E-state index contributed by atoms with van der Waals surface area (Å²) in [4.78, 5) is 28.9. The number of amides is 1. The van der Waals surface area contributed by atoms with Crippen molar-refractivity contribution in [2.75, 3.05) is 19.4 Å². The number of pyridine rings is 2. The molecule has 0 unspecified atom stereocenters. The molecule has 4 rings (SSSR count). The van der Waals surface area contributed by atoms with Gasteiger partial charge in [-0.15, -0.1) is 0 Å². The molecule has 1 amide bonds. The van der Waals surface area contributed by atoms with Crippen molar-refractivity contribution in [3.63, 3.8) is 0 Å². The number of aromatic nitrogens is 4. The SMILES string of the molecule is CNc1ncc(-c2nc(C(=O)N(C)Cc3ccccn3)c3ccccn23)s1. The van der Waals surface area contributed by atoms with Crippen molar-refractivity contribution in [3.05, 3.63) is 66.4 Å². The first-order chi connectivity index (χ1) is 13.2. The summed E-state index contributed by atoms with van der Waals surface area (Å²) >= 11 is 1.50. The second-order valence-electron chi connectivity index (χ2n) is 6.00. The van der Waals surface area contributed by atoms with Gasteiger partial charge in [0, 0.05) is 26.5 Å². The summed E-state index contributed by atoms with van der Waals surface area (Å²) in [5.74, 6) is 0.563. The van der Waals surface area contributed by atoms with Crippen LogP contribution in [0.15, 0.2) is 55.0 Å². The number of hydrogen-bond donors (Lipinski definition) is 1. The molecule has 0 aliphatic rings. The highest BCUT2D eigenvalue weighted by atomic mass is 32.1. The van der Waals surface area contributed by atoms with Crippen molar-refractivity contribution in [2.45, 2.75) is 6.54 Å². The number of hydrogen-bond acceptors (Lipinski definition) is 6. The van der Waals surface area contributed by atoms with Gasteiger partial charge in [-0.2, -0.15) is 0 Å². The molecule has 7 nitrogen and oxygen atoms in total. The highest BCUT2D eigenvalue weighted by molar-refractivity contribution is 7.18. The number of nitrogens with one attached hydrogen (secondary N) is 1. The highest BCUT2D eigenvalue weighted by Crippen LogP contribution is 2.30. The molecular formula is C19H18N6OS. The van der Waals surface area contributed by atoms with Crippen LogP contribution >= 0.6 is 11.3 Å². The van der Waals surface area contributed by atoms with Crippen molar-refractivity contribution in [2.24, 2.45) is 0 Å². The van der Waals surface area contributed by atoms with Crippen LogP contribution in [0.2, 0.25) is 0 Å². The van der Waals surface area contributed by atoms with Crippen molar-refractivity contribution in [1.29, 1.82) is 0 Å². The number of carbonyl (C=O) groups excluding carboxylic acids is 1. The van der Waals surface area contributed by atoms with Gasteiger partial charge < -0.3 is 10.2 Å². The lowest BCUT2D eigenvalue weighted by Gasteiger charge is -2.15. The summed E-state index contributed by atoms with van der Waals surface area (Å²) < 4.78 is 1.93. The van der Waals surface area contributed by atoms with Crippen LogP contribution in [-0.4, -0.2) is 44.3 Å². The van der Waals surface area contributed by atoms with Crippen molar-refractivity contribution < 1.29 is 4.79 Å². The van der Waals surface area contributed by atoms with Gasteiger partial charge in [-0.3, -0.25) is 14.2 Å². The van der Waals surface area contributed by atoms with Gasteiger partial charge in [0.2, 0.25) is 0 Å². The van der Waals surface area contributed by atoms with E-state index in [9.17, 15) is 4.79 Å².